The Morgan fingerprint density at radius 1 is 1.03 bits per heavy atom. The molecule has 7 heteroatoms. The minimum Gasteiger partial charge on any atom is -0.469 e. The van der Waals surface area contributed by atoms with E-state index >= 15 is 0 Å². The molecule has 0 bridgehead atoms. The van der Waals surface area contributed by atoms with Gasteiger partial charge in [0.25, 0.3) is 0 Å². The Labute approximate surface area is 170 Å². The molecule has 1 saturated heterocycles. The van der Waals surface area contributed by atoms with E-state index in [1.54, 1.807) is 18.4 Å². The Morgan fingerprint density at radius 2 is 1.79 bits per heavy atom. The summed E-state index contributed by atoms with van der Waals surface area (Å²) in [7, 11) is -3.56. The number of nitrogens with zero attached hydrogens (tertiary/aromatic N) is 1. The summed E-state index contributed by atoms with van der Waals surface area (Å²) in [6.07, 6.45) is 3.32. The van der Waals surface area contributed by atoms with Crippen molar-refractivity contribution in [2.24, 2.45) is 5.92 Å². The largest absolute Gasteiger partial charge is 0.469 e. The molecule has 6 nitrogen and oxygen atoms in total. The molecule has 2 aromatic carbocycles. The molecule has 3 aromatic rings. The molecule has 29 heavy (non-hydrogen) atoms. The zero-order valence-corrected chi connectivity index (χ0v) is 16.9. The SMILES string of the molecule is O=C(NCCc1ccco1)C1CCN(S(=O)(=O)c2ccc3ccccc3c2)CC1. The molecule has 0 atom stereocenters. The van der Waals surface area contributed by atoms with Crippen LogP contribution in [0.25, 0.3) is 10.8 Å². The Balaban J connectivity index is 1.34. The Kier molecular flexibility index (Phi) is 5.69. The van der Waals surface area contributed by atoms with Gasteiger partial charge in [0.2, 0.25) is 15.9 Å². The molecule has 1 aliphatic heterocycles. The number of hydrogen-bond donors (Lipinski definition) is 1. The van der Waals surface area contributed by atoms with Crippen molar-refractivity contribution in [3.63, 3.8) is 0 Å². The van der Waals surface area contributed by atoms with Crippen LogP contribution < -0.4 is 5.32 Å². The number of fused-ring (bicyclic) bond motifs is 1. The number of amides is 1. The highest BCUT2D eigenvalue weighted by molar-refractivity contribution is 7.89. The number of benzene rings is 2. The number of rotatable bonds is 6. The van der Waals surface area contributed by atoms with Crippen molar-refractivity contribution in [1.29, 1.82) is 0 Å². The fourth-order valence-corrected chi connectivity index (χ4v) is 5.25. The van der Waals surface area contributed by atoms with Gasteiger partial charge in [-0.1, -0.05) is 30.3 Å². The van der Waals surface area contributed by atoms with Crippen LogP contribution in [0.4, 0.5) is 0 Å². The number of furan rings is 1. The fraction of sp³-hybridized carbons (Fsp3) is 0.318. The van der Waals surface area contributed by atoms with Crippen molar-refractivity contribution in [1.82, 2.24) is 9.62 Å². The van der Waals surface area contributed by atoms with Gasteiger partial charge >= 0.3 is 0 Å². The first-order valence-corrected chi connectivity index (χ1v) is 11.3. The number of carbonyl (C=O) groups is 1. The number of hydrogen-bond acceptors (Lipinski definition) is 4. The highest BCUT2D eigenvalue weighted by Gasteiger charge is 2.32. The maximum absolute atomic E-state index is 13.0. The Bertz CT molecular complexity index is 1080. The van der Waals surface area contributed by atoms with Gasteiger partial charge in [0.15, 0.2) is 0 Å². The maximum atomic E-state index is 13.0. The smallest absolute Gasteiger partial charge is 0.243 e. The summed E-state index contributed by atoms with van der Waals surface area (Å²) in [4.78, 5) is 12.7. The van der Waals surface area contributed by atoms with Gasteiger partial charge in [-0.3, -0.25) is 4.79 Å². The molecule has 1 fully saturated rings. The van der Waals surface area contributed by atoms with Crippen LogP contribution in [-0.2, 0) is 21.2 Å². The lowest BCUT2D eigenvalue weighted by atomic mass is 9.97. The van der Waals surface area contributed by atoms with E-state index in [4.69, 9.17) is 4.42 Å². The summed E-state index contributed by atoms with van der Waals surface area (Å²) in [5, 5.41) is 4.84. The summed E-state index contributed by atoms with van der Waals surface area (Å²) in [5.74, 6) is 0.663. The number of carbonyl (C=O) groups excluding carboxylic acids is 1. The van der Waals surface area contributed by atoms with Gasteiger partial charge in [-0.05, 0) is 47.9 Å². The van der Waals surface area contributed by atoms with E-state index in [1.165, 1.54) is 4.31 Å². The van der Waals surface area contributed by atoms with Gasteiger partial charge < -0.3 is 9.73 Å². The average Bonchev–Trinajstić information content (AvgIpc) is 3.27. The number of piperidine rings is 1. The molecule has 0 aliphatic carbocycles. The van der Waals surface area contributed by atoms with E-state index in [1.807, 2.05) is 42.5 Å². The van der Waals surface area contributed by atoms with Crippen LogP contribution >= 0.6 is 0 Å². The quantitative estimate of drug-likeness (QED) is 0.674. The molecule has 4 rings (SSSR count). The monoisotopic (exact) mass is 412 g/mol. The van der Waals surface area contributed by atoms with Crippen LogP contribution in [0.3, 0.4) is 0 Å². The second-order valence-corrected chi connectivity index (χ2v) is 9.25. The van der Waals surface area contributed by atoms with E-state index in [2.05, 4.69) is 5.32 Å². The first-order valence-electron chi connectivity index (χ1n) is 9.83. The van der Waals surface area contributed by atoms with Crippen molar-refractivity contribution >= 4 is 26.7 Å². The second-order valence-electron chi connectivity index (χ2n) is 7.31. The van der Waals surface area contributed by atoms with Crippen molar-refractivity contribution in [3.8, 4) is 0 Å². The molecule has 152 valence electrons. The van der Waals surface area contributed by atoms with Crippen molar-refractivity contribution in [2.45, 2.75) is 24.2 Å². The molecule has 0 saturated carbocycles. The second kappa shape index (κ2) is 8.39. The first kappa shape index (κ1) is 19.7. The lowest BCUT2D eigenvalue weighted by Crippen LogP contribution is -2.43. The van der Waals surface area contributed by atoms with Crippen LogP contribution in [0.2, 0.25) is 0 Å². The minimum absolute atomic E-state index is 0.0145. The highest BCUT2D eigenvalue weighted by Crippen LogP contribution is 2.26. The molecule has 1 N–H and O–H groups in total. The van der Waals surface area contributed by atoms with Crippen LogP contribution in [0.15, 0.2) is 70.2 Å². The average molecular weight is 413 g/mol. The summed E-state index contributed by atoms with van der Waals surface area (Å²) in [5.41, 5.74) is 0. The Morgan fingerprint density at radius 3 is 2.52 bits per heavy atom. The van der Waals surface area contributed by atoms with E-state index in [0.717, 1.165) is 16.5 Å². The third-order valence-corrected chi connectivity index (χ3v) is 7.33. The Hall–Kier alpha value is -2.64. The van der Waals surface area contributed by atoms with E-state index in [-0.39, 0.29) is 11.8 Å². The van der Waals surface area contributed by atoms with Crippen LogP contribution in [0.1, 0.15) is 18.6 Å². The molecule has 1 amide bonds. The van der Waals surface area contributed by atoms with Crippen molar-refractivity contribution < 1.29 is 17.6 Å². The minimum atomic E-state index is -3.56. The third kappa shape index (κ3) is 4.36. The summed E-state index contributed by atoms with van der Waals surface area (Å²) in [6.45, 7) is 1.22. The maximum Gasteiger partial charge on any atom is 0.243 e. The van der Waals surface area contributed by atoms with Gasteiger partial charge in [-0.25, -0.2) is 8.42 Å². The molecule has 0 radical (unpaired) electrons. The third-order valence-electron chi connectivity index (χ3n) is 5.43. The lowest BCUT2D eigenvalue weighted by Gasteiger charge is -2.30. The van der Waals surface area contributed by atoms with Gasteiger partial charge in [0.1, 0.15) is 5.76 Å². The van der Waals surface area contributed by atoms with Gasteiger partial charge in [-0.2, -0.15) is 4.31 Å². The molecule has 0 spiro atoms. The van der Waals surface area contributed by atoms with Gasteiger partial charge in [0, 0.05) is 32.0 Å². The highest BCUT2D eigenvalue weighted by atomic mass is 32.2. The molecule has 1 aromatic heterocycles. The molecule has 2 heterocycles. The predicted octanol–water partition coefficient (Wildman–Crippen LogP) is 3.19. The lowest BCUT2D eigenvalue weighted by molar-refractivity contribution is -0.126. The van der Waals surface area contributed by atoms with E-state index in [9.17, 15) is 13.2 Å². The topological polar surface area (TPSA) is 79.6 Å². The van der Waals surface area contributed by atoms with Crippen LogP contribution in [0.5, 0.6) is 0 Å². The first-order chi connectivity index (χ1) is 14.0. The van der Waals surface area contributed by atoms with Crippen LogP contribution in [-0.4, -0.2) is 38.3 Å². The van der Waals surface area contributed by atoms with E-state index in [0.29, 0.717) is 43.8 Å². The summed E-state index contributed by atoms with van der Waals surface area (Å²) < 4.78 is 32.8. The van der Waals surface area contributed by atoms with Crippen molar-refractivity contribution in [2.75, 3.05) is 19.6 Å². The summed E-state index contributed by atoms with van der Waals surface area (Å²) in [6, 6.07) is 16.6. The predicted molar refractivity (Wildman–Crippen MR) is 111 cm³/mol. The standard InChI is InChI=1S/C22H24N2O4S/c25-22(23-12-9-20-6-3-15-28-20)18-10-13-24(14-11-18)29(26,27)21-8-7-17-4-1-2-5-19(17)16-21/h1-8,15-16,18H,9-14H2,(H,23,25). The molecule has 1 aliphatic rings. The van der Waals surface area contributed by atoms with Crippen LogP contribution in [0, 0.1) is 5.92 Å². The molecular formula is C22H24N2O4S. The van der Waals surface area contributed by atoms with Crippen molar-refractivity contribution in [3.05, 3.63) is 66.6 Å². The normalized spacial score (nSPS) is 16.1. The van der Waals surface area contributed by atoms with E-state index < -0.39 is 10.0 Å². The molecular weight excluding hydrogens is 388 g/mol. The number of sulfonamides is 1. The number of nitrogens with one attached hydrogen (secondary N) is 1. The summed E-state index contributed by atoms with van der Waals surface area (Å²) >= 11 is 0. The van der Waals surface area contributed by atoms with Gasteiger partial charge in [-0.15, -0.1) is 0 Å². The zero-order chi connectivity index (χ0) is 20.3. The molecule has 0 unspecified atom stereocenters. The zero-order valence-electron chi connectivity index (χ0n) is 16.1. The fourth-order valence-electron chi connectivity index (χ4n) is 3.74. The van der Waals surface area contributed by atoms with Gasteiger partial charge in [0.05, 0.1) is 11.2 Å².